The first-order chi connectivity index (χ1) is 4.58. The molecule has 10 heavy (non-hydrogen) atoms. The molecule has 0 saturated heterocycles. The monoisotopic (exact) mass is 142 g/mol. The van der Waals surface area contributed by atoms with Crippen molar-refractivity contribution in [2.24, 2.45) is 0 Å². The molecule has 0 heterocycles. The van der Waals surface area contributed by atoms with Crippen LogP contribution in [0.4, 0.5) is 0 Å². The maximum Gasteiger partial charge on any atom is 0.168 e. The Hall–Kier alpha value is -0.720. The Bertz CT molecular complexity index is 153. The van der Waals surface area contributed by atoms with E-state index in [-0.39, 0.29) is 0 Å². The molecule has 0 radical (unpaired) electrons. The van der Waals surface area contributed by atoms with E-state index in [4.69, 9.17) is 4.74 Å². The van der Waals surface area contributed by atoms with Gasteiger partial charge < -0.3 is 9.84 Å². The molecule has 0 aliphatic rings. The van der Waals surface area contributed by atoms with Crippen molar-refractivity contribution in [2.45, 2.75) is 25.9 Å². The topological polar surface area (TPSA) is 29.5 Å². The molecule has 1 N–H and O–H groups in total. The summed E-state index contributed by atoms with van der Waals surface area (Å²) in [5.41, 5.74) is 1.62. The zero-order valence-corrected chi connectivity index (χ0v) is 6.77. The van der Waals surface area contributed by atoms with Crippen LogP contribution in [0.3, 0.4) is 0 Å². The van der Waals surface area contributed by atoms with Gasteiger partial charge in [0, 0.05) is 0 Å². The minimum absolute atomic E-state index is 0.398. The third-order valence-corrected chi connectivity index (χ3v) is 1.54. The second kappa shape index (κ2) is 3.45. The van der Waals surface area contributed by atoms with Crippen molar-refractivity contribution in [3.8, 4) is 0 Å². The maximum atomic E-state index is 9.52. The first-order valence-corrected chi connectivity index (χ1v) is 3.25. The number of hydrogen-bond acceptors (Lipinski definition) is 2. The Morgan fingerprint density at radius 1 is 1.80 bits per heavy atom. The lowest BCUT2D eigenvalue weighted by Crippen LogP contribution is -2.26. The summed E-state index contributed by atoms with van der Waals surface area (Å²) in [6, 6.07) is 0. The van der Waals surface area contributed by atoms with Gasteiger partial charge in [0.1, 0.15) is 5.60 Å². The number of ether oxygens (including phenoxy) is 1. The molecule has 0 aliphatic heterocycles. The van der Waals surface area contributed by atoms with Gasteiger partial charge in [-0.3, -0.25) is 0 Å². The quantitative estimate of drug-likeness (QED) is 0.477. The van der Waals surface area contributed by atoms with Gasteiger partial charge in [0.05, 0.1) is 7.11 Å². The van der Waals surface area contributed by atoms with Crippen molar-refractivity contribution in [1.29, 1.82) is 0 Å². The van der Waals surface area contributed by atoms with Crippen LogP contribution in [0.5, 0.6) is 0 Å². The molecule has 2 nitrogen and oxygen atoms in total. The van der Waals surface area contributed by atoms with Crippen LogP contribution in [0, 0.1) is 0 Å². The highest BCUT2D eigenvalue weighted by molar-refractivity contribution is 5.04. The maximum absolute atomic E-state index is 9.52. The van der Waals surface area contributed by atoms with Crippen LogP contribution in [0.1, 0.15) is 20.3 Å². The lowest BCUT2D eigenvalue weighted by molar-refractivity contribution is 0.0362. The van der Waals surface area contributed by atoms with Crippen molar-refractivity contribution < 1.29 is 9.84 Å². The lowest BCUT2D eigenvalue weighted by atomic mass is 10.0. The lowest BCUT2D eigenvalue weighted by Gasteiger charge is -2.21. The Morgan fingerprint density at radius 2 is 2.30 bits per heavy atom. The fourth-order valence-corrected chi connectivity index (χ4v) is 0.643. The molecule has 0 fully saturated rings. The SMILES string of the molecule is C=C=C(OC)C(C)(O)CC. The molecule has 1 unspecified atom stereocenters. The molecule has 0 aromatic heterocycles. The van der Waals surface area contributed by atoms with E-state index in [0.717, 1.165) is 0 Å². The van der Waals surface area contributed by atoms with Crippen molar-refractivity contribution in [3.63, 3.8) is 0 Å². The summed E-state index contributed by atoms with van der Waals surface area (Å²) >= 11 is 0. The highest BCUT2D eigenvalue weighted by atomic mass is 16.5. The summed E-state index contributed by atoms with van der Waals surface area (Å²) in [5, 5.41) is 9.52. The molecular weight excluding hydrogens is 128 g/mol. The second-order valence-electron chi connectivity index (χ2n) is 2.34. The molecule has 1 atom stereocenters. The van der Waals surface area contributed by atoms with E-state index in [9.17, 15) is 5.11 Å². The molecular formula is C8H14O2. The van der Waals surface area contributed by atoms with Gasteiger partial charge in [-0.15, -0.1) is 0 Å². The van der Waals surface area contributed by atoms with E-state index in [1.807, 2.05) is 6.92 Å². The molecule has 0 spiro atoms. The van der Waals surface area contributed by atoms with Crippen molar-refractivity contribution in [2.75, 3.05) is 7.11 Å². The van der Waals surface area contributed by atoms with Gasteiger partial charge in [0.25, 0.3) is 0 Å². The standard InChI is InChI=1S/C8H14O2/c1-5-7(10-4)8(3,9)6-2/h9H,1,6H2,2-4H3. The Labute approximate surface area is 61.8 Å². The van der Waals surface area contributed by atoms with E-state index in [0.29, 0.717) is 12.2 Å². The molecule has 2 heteroatoms. The fraction of sp³-hybridized carbons (Fsp3) is 0.625. The summed E-state index contributed by atoms with van der Waals surface area (Å²) in [5.74, 6) is 0.398. The summed E-state index contributed by atoms with van der Waals surface area (Å²) in [7, 11) is 1.50. The van der Waals surface area contributed by atoms with Gasteiger partial charge in [0.15, 0.2) is 5.76 Å². The van der Waals surface area contributed by atoms with E-state index in [1.165, 1.54) is 7.11 Å². The van der Waals surface area contributed by atoms with Crippen LogP contribution in [0.2, 0.25) is 0 Å². The highest BCUT2D eigenvalue weighted by Gasteiger charge is 2.23. The van der Waals surface area contributed by atoms with Crippen molar-refractivity contribution in [3.05, 3.63) is 18.1 Å². The van der Waals surface area contributed by atoms with E-state index in [1.54, 1.807) is 6.92 Å². The van der Waals surface area contributed by atoms with Crippen LogP contribution in [-0.2, 0) is 4.74 Å². The van der Waals surface area contributed by atoms with Crippen LogP contribution in [0.15, 0.2) is 18.1 Å². The van der Waals surface area contributed by atoms with Crippen LogP contribution in [0.25, 0.3) is 0 Å². The molecule has 0 bridgehead atoms. The minimum atomic E-state index is -0.920. The second-order valence-corrected chi connectivity index (χ2v) is 2.34. The molecule has 0 rings (SSSR count). The molecule has 0 aromatic rings. The third kappa shape index (κ3) is 1.90. The van der Waals surface area contributed by atoms with Gasteiger partial charge in [-0.1, -0.05) is 19.2 Å². The average molecular weight is 142 g/mol. The molecule has 58 valence electrons. The van der Waals surface area contributed by atoms with Gasteiger partial charge >= 0.3 is 0 Å². The van der Waals surface area contributed by atoms with Crippen LogP contribution < -0.4 is 0 Å². The van der Waals surface area contributed by atoms with Gasteiger partial charge in [-0.25, -0.2) is 0 Å². The third-order valence-electron chi connectivity index (χ3n) is 1.54. The molecule has 0 saturated carbocycles. The first kappa shape index (κ1) is 9.28. The molecule has 0 aliphatic carbocycles. The van der Waals surface area contributed by atoms with E-state index >= 15 is 0 Å². The smallest absolute Gasteiger partial charge is 0.168 e. The van der Waals surface area contributed by atoms with Crippen molar-refractivity contribution >= 4 is 0 Å². The summed E-state index contributed by atoms with van der Waals surface area (Å²) < 4.78 is 4.85. The molecule has 0 amide bonds. The zero-order chi connectivity index (χ0) is 8.20. The zero-order valence-electron chi connectivity index (χ0n) is 6.77. The van der Waals surface area contributed by atoms with Crippen LogP contribution in [-0.4, -0.2) is 17.8 Å². The number of methoxy groups -OCH3 is 1. The normalized spacial score (nSPS) is 15.2. The van der Waals surface area contributed by atoms with Crippen LogP contribution >= 0.6 is 0 Å². The Balaban J connectivity index is 4.43. The van der Waals surface area contributed by atoms with Gasteiger partial charge in [0.2, 0.25) is 0 Å². The number of hydrogen-bond donors (Lipinski definition) is 1. The van der Waals surface area contributed by atoms with Crippen molar-refractivity contribution in [1.82, 2.24) is 0 Å². The largest absolute Gasteiger partial charge is 0.490 e. The minimum Gasteiger partial charge on any atom is -0.490 e. The van der Waals surface area contributed by atoms with E-state index in [2.05, 4.69) is 12.3 Å². The summed E-state index contributed by atoms with van der Waals surface area (Å²) in [6.45, 7) is 6.94. The first-order valence-electron chi connectivity index (χ1n) is 3.25. The average Bonchev–Trinajstić information content (AvgIpc) is 1.90. The Kier molecular flexibility index (Phi) is 3.20. The number of rotatable bonds is 3. The number of aliphatic hydroxyl groups is 1. The summed E-state index contributed by atoms with van der Waals surface area (Å²) in [4.78, 5) is 0. The van der Waals surface area contributed by atoms with E-state index < -0.39 is 5.60 Å². The summed E-state index contributed by atoms with van der Waals surface area (Å²) in [6.07, 6.45) is 0.596. The predicted octanol–water partition coefficient (Wildman–Crippen LogP) is 1.46. The van der Waals surface area contributed by atoms with Gasteiger partial charge in [-0.2, -0.15) is 0 Å². The highest BCUT2D eigenvalue weighted by Crippen LogP contribution is 2.18. The Morgan fingerprint density at radius 3 is 2.40 bits per heavy atom. The molecule has 0 aromatic carbocycles. The fourth-order valence-electron chi connectivity index (χ4n) is 0.643. The predicted molar refractivity (Wildman–Crippen MR) is 40.6 cm³/mol. The van der Waals surface area contributed by atoms with Gasteiger partial charge in [-0.05, 0) is 13.3 Å².